The first-order valence-electron chi connectivity index (χ1n) is 6.07. The van der Waals surface area contributed by atoms with E-state index < -0.39 is 5.62 Å². The molecule has 0 aromatic rings. The zero-order valence-corrected chi connectivity index (χ0v) is 14.0. The number of amides is 1. The zero-order valence-electron chi connectivity index (χ0n) is 11.5. The van der Waals surface area contributed by atoms with Crippen LogP contribution in [0.2, 0.25) is 0 Å². The van der Waals surface area contributed by atoms with Gasteiger partial charge in [0.15, 0.2) is 0 Å². The van der Waals surface area contributed by atoms with E-state index >= 15 is 0 Å². The zero-order chi connectivity index (χ0) is 14.0. The number of hydrogen-bond acceptors (Lipinski definition) is 4. The van der Waals surface area contributed by atoms with Gasteiger partial charge >= 0.3 is 0 Å². The van der Waals surface area contributed by atoms with E-state index in [9.17, 15) is 4.79 Å². The molecule has 0 N–H and O–H groups in total. The van der Waals surface area contributed by atoms with E-state index in [0.717, 1.165) is 19.3 Å². The van der Waals surface area contributed by atoms with Gasteiger partial charge in [-0.2, -0.15) is 0 Å². The van der Waals surface area contributed by atoms with Gasteiger partial charge in [0.25, 0.3) is 0 Å². The first-order valence-corrected chi connectivity index (χ1v) is 10.2. The second-order valence-corrected chi connectivity index (χ2v) is 10.9. The summed E-state index contributed by atoms with van der Waals surface area (Å²) in [5.74, 6) is 6.00. The van der Waals surface area contributed by atoms with Gasteiger partial charge in [-0.15, -0.1) is 11.8 Å². The first-order chi connectivity index (χ1) is 8.50. The lowest BCUT2D eigenvalue weighted by molar-refractivity contribution is -0.113. The molecule has 0 saturated carbocycles. The Balaban J connectivity index is 4.48. The van der Waals surface area contributed by atoms with Crippen LogP contribution in [-0.2, 0) is 21.1 Å². The Morgan fingerprint density at radius 3 is 2.67 bits per heavy atom. The Hall–Kier alpha value is -0.0100. The molecule has 0 bridgehead atoms. The van der Waals surface area contributed by atoms with Crippen molar-refractivity contribution in [1.82, 2.24) is 4.67 Å². The van der Waals surface area contributed by atoms with Crippen molar-refractivity contribution in [1.29, 1.82) is 0 Å². The summed E-state index contributed by atoms with van der Waals surface area (Å²) in [6, 6.07) is 0. The van der Waals surface area contributed by atoms with E-state index in [1.807, 2.05) is 6.92 Å². The van der Waals surface area contributed by atoms with Crippen molar-refractivity contribution < 1.29 is 9.32 Å². The van der Waals surface area contributed by atoms with Crippen molar-refractivity contribution in [2.24, 2.45) is 0 Å². The highest BCUT2D eigenvalue weighted by Crippen LogP contribution is 2.63. The van der Waals surface area contributed by atoms with Crippen LogP contribution in [-0.4, -0.2) is 30.0 Å². The average molecular weight is 307 g/mol. The SMILES string of the molecule is CCC#CCCOP(=S)(SC(C)CC)N(C)C=O. The smallest absolute Gasteiger partial charge is 0.215 e. The van der Waals surface area contributed by atoms with Crippen molar-refractivity contribution in [3.05, 3.63) is 0 Å². The monoisotopic (exact) mass is 307 g/mol. The quantitative estimate of drug-likeness (QED) is 0.296. The van der Waals surface area contributed by atoms with Crippen molar-refractivity contribution in [2.45, 2.75) is 45.3 Å². The summed E-state index contributed by atoms with van der Waals surface area (Å²) < 4.78 is 7.29. The van der Waals surface area contributed by atoms with E-state index in [0.29, 0.717) is 18.3 Å². The Kier molecular flexibility index (Phi) is 9.85. The molecule has 0 aliphatic heterocycles. The van der Waals surface area contributed by atoms with Crippen LogP contribution in [0.4, 0.5) is 0 Å². The van der Waals surface area contributed by atoms with Gasteiger partial charge in [-0.25, -0.2) is 0 Å². The Morgan fingerprint density at radius 2 is 2.17 bits per heavy atom. The predicted molar refractivity (Wildman–Crippen MR) is 84.1 cm³/mol. The van der Waals surface area contributed by atoms with Crippen molar-refractivity contribution in [2.75, 3.05) is 13.7 Å². The summed E-state index contributed by atoms with van der Waals surface area (Å²) in [5.41, 5.74) is -2.28. The van der Waals surface area contributed by atoms with E-state index in [-0.39, 0.29) is 0 Å². The lowest BCUT2D eigenvalue weighted by Gasteiger charge is -2.29. The highest BCUT2D eigenvalue weighted by Gasteiger charge is 2.25. The maximum Gasteiger partial charge on any atom is 0.215 e. The van der Waals surface area contributed by atoms with Crippen LogP contribution in [0, 0.1) is 11.8 Å². The molecular formula is C12H22NO2PS2. The molecule has 0 aliphatic rings. The largest absolute Gasteiger partial charge is 0.325 e. The lowest BCUT2D eigenvalue weighted by Crippen LogP contribution is -2.14. The molecule has 0 rings (SSSR count). The molecule has 0 fully saturated rings. The molecule has 2 unspecified atom stereocenters. The van der Waals surface area contributed by atoms with E-state index in [1.165, 1.54) is 4.67 Å². The average Bonchev–Trinajstić information content (AvgIpc) is 2.37. The molecule has 18 heavy (non-hydrogen) atoms. The second-order valence-electron chi connectivity index (χ2n) is 3.76. The van der Waals surface area contributed by atoms with Gasteiger partial charge in [0.1, 0.15) is 0 Å². The third kappa shape index (κ3) is 6.80. The Bertz CT molecular complexity index is 352. The number of carbonyl (C=O) groups excluding carboxylic acids is 1. The molecule has 0 saturated heterocycles. The second kappa shape index (κ2) is 9.86. The number of rotatable bonds is 8. The molecule has 0 aromatic carbocycles. The van der Waals surface area contributed by atoms with Crippen LogP contribution in [0.25, 0.3) is 0 Å². The molecule has 0 radical (unpaired) electrons. The maximum atomic E-state index is 10.9. The lowest BCUT2D eigenvalue weighted by atomic mass is 10.4. The van der Waals surface area contributed by atoms with Crippen LogP contribution in [0.3, 0.4) is 0 Å². The van der Waals surface area contributed by atoms with Crippen LogP contribution in [0.5, 0.6) is 0 Å². The Morgan fingerprint density at radius 1 is 1.50 bits per heavy atom. The highest BCUT2D eigenvalue weighted by molar-refractivity contribution is 8.68. The number of nitrogens with zero attached hydrogens (tertiary/aromatic N) is 1. The van der Waals surface area contributed by atoms with E-state index in [1.54, 1.807) is 18.4 Å². The third-order valence-electron chi connectivity index (χ3n) is 2.21. The molecule has 0 heterocycles. The van der Waals surface area contributed by atoms with E-state index in [2.05, 4.69) is 25.7 Å². The topological polar surface area (TPSA) is 29.5 Å². The summed E-state index contributed by atoms with van der Waals surface area (Å²) in [4.78, 5) is 10.9. The molecular weight excluding hydrogens is 285 g/mol. The van der Waals surface area contributed by atoms with Crippen LogP contribution in [0.1, 0.15) is 40.0 Å². The summed E-state index contributed by atoms with van der Waals surface area (Å²) in [6.07, 6.45) is 3.28. The van der Waals surface area contributed by atoms with Gasteiger partial charge in [0, 0.05) is 25.1 Å². The van der Waals surface area contributed by atoms with Gasteiger partial charge in [0.2, 0.25) is 12.0 Å². The van der Waals surface area contributed by atoms with Gasteiger partial charge in [-0.05, 0) is 18.2 Å². The predicted octanol–water partition coefficient (Wildman–Crippen LogP) is 3.65. The molecule has 104 valence electrons. The van der Waals surface area contributed by atoms with E-state index in [4.69, 9.17) is 16.3 Å². The minimum absolute atomic E-state index is 0.389. The van der Waals surface area contributed by atoms with Gasteiger partial charge in [-0.1, -0.05) is 32.2 Å². The fraction of sp³-hybridized carbons (Fsp3) is 0.750. The minimum Gasteiger partial charge on any atom is -0.325 e. The number of carbonyl (C=O) groups is 1. The summed E-state index contributed by atoms with van der Waals surface area (Å²) in [6.45, 7) is 6.71. The minimum atomic E-state index is -2.28. The molecule has 0 aromatic heterocycles. The van der Waals surface area contributed by atoms with Crippen LogP contribution in [0.15, 0.2) is 0 Å². The maximum absolute atomic E-state index is 10.9. The standard InChI is InChI=1S/C12H22NO2PS2/c1-5-7-8-9-10-15-16(17,13(4)11-14)18-12(3)6-2/h11-12H,5-6,9-10H2,1-4H3. The van der Waals surface area contributed by atoms with Gasteiger partial charge in [0.05, 0.1) is 6.61 Å². The first kappa shape index (κ1) is 18.0. The molecule has 0 spiro atoms. The van der Waals surface area contributed by atoms with Gasteiger partial charge in [-0.3, -0.25) is 9.46 Å². The van der Waals surface area contributed by atoms with Crippen molar-refractivity contribution >= 4 is 35.2 Å². The molecule has 0 aliphatic carbocycles. The molecule has 2 atom stereocenters. The summed E-state index contributed by atoms with van der Waals surface area (Å²) in [5, 5.41) is 0.389. The third-order valence-corrected chi connectivity index (χ3v) is 9.38. The van der Waals surface area contributed by atoms with Crippen molar-refractivity contribution in [3.63, 3.8) is 0 Å². The van der Waals surface area contributed by atoms with Crippen LogP contribution >= 0.6 is 17.0 Å². The summed E-state index contributed by atoms with van der Waals surface area (Å²) >= 11 is 7.14. The van der Waals surface area contributed by atoms with Gasteiger partial charge < -0.3 is 4.52 Å². The van der Waals surface area contributed by atoms with Crippen LogP contribution < -0.4 is 0 Å². The number of hydrogen-bond donors (Lipinski definition) is 0. The van der Waals surface area contributed by atoms with Crippen molar-refractivity contribution in [3.8, 4) is 11.8 Å². The Labute approximate surface area is 120 Å². The molecule has 1 amide bonds. The fourth-order valence-corrected chi connectivity index (χ4v) is 6.85. The normalized spacial score (nSPS) is 15.1. The molecule has 3 nitrogen and oxygen atoms in total. The fourth-order valence-electron chi connectivity index (χ4n) is 0.981. The molecule has 6 heteroatoms. The highest BCUT2D eigenvalue weighted by atomic mass is 32.9. The summed E-state index contributed by atoms with van der Waals surface area (Å²) in [7, 11) is 1.70.